The molecular formula is C16H17N3O3. The SMILES string of the molecule is CC1(C)Cc2cccc(OCC(=O)N(CC#N)CC#N)c2O1. The molecule has 0 fully saturated rings. The van der Waals surface area contributed by atoms with Crippen LogP contribution in [0, 0.1) is 22.7 Å². The number of amides is 1. The lowest BCUT2D eigenvalue weighted by molar-refractivity contribution is -0.132. The number of benzene rings is 1. The quantitative estimate of drug-likeness (QED) is 0.772. The Bertz CT molecular complexity index is 640. The standard InChI is InChI=1S/C16H17N3O3/c1-16(2)10-12-4-3-5-13(15(12)22-16)21-11-14(20)19(8-6-17)9-7-18/h3-5H,8-11H2,1-2H3. The highest BCUT2D eigenvalue weighted by atomic mass is 16.5. The smallest absolute Gasteiger partial charge is 0.262 e. The molecule has 114 valence electrons. The van der Waals surface area contributed by atoms with Gasteiger partial charge in [-0.3, -0.25) is 4.79 Å². The van der Waals surface area contributed by atoms with Crippen molar-refractivity contribution in [2.45, 2.75) is 25.9 Å². The van der Waals surface area contributed by atoms with E-state index in [0.717, 1.165) is 16.9 Å². The summed E-state index contributed by atoms with van der Waals surface area (Å²) >= 11 is 0. The molecule has 0 bridgehead atoms. The first-order chi connectivity index (χ1) is 10.5. The van der Waals surface area contributed by atoms with Gasteiger partial charge in [-0.2, -0.15) is 10.5 Å². The molecule has 0 atom stereocenters. The summed E-state index contributed by atoms with van der Waals surface area (Å²) in [7, 11) is 0. The van der Waals surface area contributed by atoms with Crippen LogP contribution in [0.4, 0.5) is 0 Å². The highest BCUT2D eigenvalue weighted by Gasteiger charge is 2.32. The van der Waals surface area contributed by atoms with Crippen LogP contribution in [-0.2, 0) is 11.2 Å². The Morgan fingerprint density at radius 2 is 2.05 bits per heavy atom. The first-order valence-electron chi connectivity index (χ1n) is 6.92. The zero-order chi connectivity index (χ0) is 16.2. The number of rotatable bonds is 5. The van der Waals surface area contributed by atoms with E-state index in [-0.39, 0.29) is 25.3 Å². The summed E-state index contributed by atoms with van der Waals surface area (Å²) in [6, 6.07) is 9.28. The minimum atomic E-state index is -0.405. The average molecular weight is 299 g/mol. The van der Waals surface area contributed by atoms with Crippen molar-refractivity contribution in [2.24, 2.45) is 0 Å². The molecule has 2 rings (SSSR count). The molecule has 0 spiro atoms. The molecule has 1 aromatic rings. The summed E-state index contributed by atoms with van der Waals surface area (Å²) in [5, 5.41) is 17.3. The van der Waals surface area contributed by atoms with E-state index in [0.29, 0.717) is 11.5 Å². The van der Waals surface area contributed by atoms with Crippen molar-refractivity contribution < 1.29 is 14.3 Å². The molecule has 6 nitrogen and oxygen atoms in total. The molecule has 22 heavy (non-hydrogen) atoms. The average Bonchev–Trinajstić information content (AvgIpc) is 2.78. The van der Waals surface area contributed by atoms with Gasteiger partial charge in [0.25, 0.3) is 5.91 Å². The Balaban J connectivity index is 2.05. The second-order valence-electron chi connectivity index (χ2n) is 5.64. The first-order valence-corrected chi connectivity index (χ1v) is 6.92. The van der Waals surface area contributed by atoms with Crippen LogP contribution in [0.25, 0.3) is 0 Å². The Kier molecular flexibility index (Phi) is 4.53. The van der Waals surface area contributed by atoms with E-state index >= 15 is 0 Å². The van der Waals surface area contributed by atoms with Crippen LogP contribution in [0.15, 0.2) is 18.2 Å². The number of ether oxygens (including phenoxy) is 2. The third kappa shape index (κ3) is 3.48. The lowest BCUT2D eigenvalue weighted by atomic mass is 10.0. The molecule has 0 saturated carbocycles. The van der Waals surface area contributed by atoms with Gasteiger partial charge in [0.2, 0.25) is 0 Å². The largest absolute Gasteiger partial charge is 0.483 e. The van der Waals surface area contributed by atoms with Crippen LogP contribution in [0.3, 0.4) is 0 Å². The number of nitriles is 2. The summed E-state index contributed by atoms with van der Waals surface area (Å²) in [5.74, 6) is 0.760. The number of carbonyl (C=O) groups excluding carboxylic acids is 1. The van der Waals surface area contributed by atoms with Crippen LogP contribution in [0.2, 0.25) is 0 Å². The van der Waals surface area contributed by atoms with Crippen molar-refractivity contribution >= 4 is 5.91 Å². The second-order valence-corrected chi connectivity index (χ2v) is 5.64. The van der Waals surface area contributed by atoms with Crippen molar-refractivity contribution in [3.05, 3.63) is 23.8 Å². The molecule has 0 unspecified atom stereocenters. The molecule has 0 N–H and O–H groups in total. The fourth-order valence-corrected chi connectivity index (χ4v) is 2.33. The van der Waals surface area contributed by atoms with E-state index < -0.39 is 5.91 Å². The van der Waals surface area contributed by atoms with E-state index in [9.17, 15) is 4.79 Å². The van der Waals surface area contributed by atoms with E-state index in [1.165, 1.54) is 0 Å². The fraction of sp³-hybridized carbons (Fsp3) is 0.438. The van der Waals surface area contributed by atoms with Gasteiger partial charge in [0, 0.05) is 12.0 Å². The lowest BCUT2D eigenvalue weighted by Gasteiger charge is -2.19. The Labute approximate surface area is 129 Å². The van der Waals surface area contributed by atoms with Crippen molar-refractivity contribution in [2.75, 3.05) is 19.7 Å². The van der Waals surface area contributed by atoms with Gasteiger partial charge < -0.3 is 14.4 Å². The normalized spacial score (nSPS) is 14.2. The van der Waals surface area contributed by atoms with E-state index in [1.54, 1.807) is 6.07 Å². The predicted molar refractivity (Wildman–Crippen MR) is 78.2 cm³/mol. The predicted octanol–water partition coefficient (Wildman–Crippen LogP) is 1.65. The zero-order valence-electron chi connectivity index (χ0n) is 12.6. The topological polar surface area (TPSA) is 86.4 Å². The molecule has 1 heterocycles. The molecule has 1 amide bonds. The molecular weight excluding hydrogens is 282 g/mol. The molecule has 6 heteroatoms. The summed E-state index contributed by atoms with van der Waals surface area (Å²) in [4.78, 5) is 13.1. The molecule has 1 aliphatic heterocycles. The molecule has 0 saturated heterocycles. The number of para-hydroxylation sites is 1. The second kappa shape index (κ2) is 6.36. The van der Waals surface area contributed by atoms with Crippen molar-refractivity contribution in [3.8, 4) is 23.6 Å². The van der Waals surface area contributed by atoms with Gasteiger partial charge in [0.1, 0.15) is 18.7 Å². The number of fused-ring (bicyclic) bond motifs is 1. The molecule has 0 aliphatic carbocycles. The fourth-order valence-electron chi connectivity index (χ4n) is 2.33. The maximum atomic E-state index is 12.0. The number of hydrogen-bond acceptors (Lipinski definition) is 5. The number of carbonyl (C=O) groups is 1. The number of hydrogen-bond donors (Lipinski definition) is 0. The summed E-state index contributed by atoms with van der Waals surface area (Å²) < 4.78 is 11.4. The zero-order valence-corrected chi connectivity index (χ0v) is 12.6. The minimum Gasteiger partial charge on any atom is -0.483 e. The highest BCUT2D eigenvalue weighted by Crippen LogP contribution is 2.41. The van der Waals surface area contributed by atoms with Gasteiger partial charge in [-0.1, -0.05) is 12.1 Å². The van der Waals surface area contributed by atoms with Crippen LogP contribution < -0.4 is 9.47 Å². The third-order valence-corrected chi connectivity index (χ3v) is 3.28. The van der Waals surface area contributed by atoms with Crippen LogP contribution in [0.1, 0.15) is 19.4 Å². The maximum Gasteiger partial charge on any atom is 0.262 e. The van der Waals surface area contributed by atoms with Crippen molar-refractivity contribution in [1.29, 1.82) is 10.5 Å². The third-order valence-electron chi connectivity index (χ3n) is 3.28. The van der Waals surface area contributed by atoms with Crippen molar-refractivity contribution in [3.63, 3.8) is 0 Å². The first kappa shape index (κ1) is 15.7. The molecule has 1 aliphatic rings. The molecule has 0 radical (unpaired) electrons. The Hall–Kier alpha value is -2.73. The van der Waals surface area contributed by atoms with Gasteiger partial charge in [0.15, 0.2) is 18.1 Å². The van der Waals surface area contributed by atoms with E-state index in [2.05, 4.69) is 0 Å². The number of nitrogens with zero attached hydrogens (tertiary/aromatic N) is 3. The van der Waals surface area contributed by atoms with Crippen LogP contribution in [-0.4, -0.2) is 36.1 Å². The van der Waals surface area contributed by atoms with Gasteiger partial charge >= 0.3 is 0 Å². The summed E-state index contributed by atoms with van der Waals surface area (Å²) in [6.07, 6.45) is 0.780. The van der Waals surface area contributed by atoms with Crippen molar-refractivity contribution in [1.82, 2.24) is 4.90 Å². The molecule has 1 aromatic carbocycles. The summed E-state index contributed by atoms with van der Waals surface area (Å²) in [5.41, 5.74) is 0.750. The van der Waals surface area contributed by atoms with E-state index in [4.69, 9.17) is 20.0 Å². The maximum absolute atomic E-state index is 12.0. The Morgan fingerprint density at radius 3 is 2.68 bits per heavy atom. The van der Waals surface area contributed by atoms with Gasteiger partial charge in [-0.15, -0.1) is 0 Å². The minimum absolute atomic E-state index is 0.133. The monoisotopic (exact) mass is 299 g/mol. The molecule has 0 aromatic heterocycles. The van der Waals surface area contributed by atoms with E-state index in [1.807, 2.05) is 38.1 Å². The summed E-state index contributed by atoms with van der Waals surface area (Å²) in [6.45, 7) is 3.48. The van der Waals surface area contributed by atoms with Gasteiger partial charge in [0.05, 0.1) is 12.1 Å². The highest BCUT2D eigenvalue weighted by molar-refractivity contribution is 5.78. The van der Waals surface area contributed by atoms with Gasteiger partial charge in [-0.05, 0) is 19.9 Å². The van der Waals surface area contributed by atoms with Crippen LogP contribution in [0.5, 0.6) is 11.5 Å². The Morgan fingerprint density at radius 1 is 1.36 bits per heavy atom. The lowest BCUT2D eigenvalue weighted by Crippen LogP contribution is -2.35. The van der Waals surface area contributed by atoms with Gasteiger partial charge in [-0.25, -0.2) is 0 Å². The van der Waals surface area contributed by atoms with Crippen LogP contribution >= 0.6 is 0 Å².